The van der Waals surface area contributed by atoms with Crippen LogP contribution in [0, 0.1) is 0 Å². The van der Waals surface area contributed by atoms with Crippen LogP contribution in [0.3, 0.4) is 0 Å². The average molecular weight is 167 g/mol. The molecule has 66 valence electrons. The highest BCUT2D eigenvalue weighted by Crippen LogP contribution is 2.17. The summed E-state index contributed by atoms with van der Waals surface area (Å²) >= 11 is 0. The van der Waals surface area contributed by atoms with Crippen LogP contribution in [0.1, 0.15) is 18.9 Å². The predicted octanol–water partition coefficient (Wildman–Crippen LogP) is 1.17. The largest absolute Gasteiger partial charge is 0.369 e. The molecule has 0 saturated heterocycles. The summed E-state index contributed by atoms with van der Waals surface area (Å²) in [4.78, 5) is 0. The maximum absolute atomic E-state index is 5.34. The van der Waals surface area contributed by atoms with Gasteiger partial charge in [-0.2, -0.15) is 0 Å². The lowest BCUT2D eigenvalue weighted by atomic mass is 10.3. The summed E-state index contributed by atoms with van der Waals surface area (Å²) in [5.74, 6) is 0.936. The molecule has 1 aliphatic rings. The molecule has 2 heterocycles. The van der Waals surface area contributed by atoms with E-state index in [2.05, 4.69) is 23.4 Å². The van der Waals surface area contributed by atoms with E-state index in [1.807, 2.05) is 11.5 Å². The summed E-state index contributed by atoms with van der Waals surface area (Å²) < 4.78 is 7.36. The number of hydrogen-bond acceptors (Lipinski definition) is 3. The fraction of sp³-hybridized carbons (Fsp3) is 0.500. The molecule has 0 aromatic carbocycles. The van der Waals surface area contributed by atoms with Crippen LogP contribution in [0.25, 0.3) is 0 Å². The van der Waals surface area contributed by atoms with Gasteiger partial charge in [0.15, 0.2) is 5.82 Å². The highest BCUT2D eigenvalue weighted by molar-refractivity contribution is 4.92. The van der Waals surface area contributed by atoms with Crippen molar-refractivity contribution in [2.75, 3.05) is 6.61 Å². The Kier molecular flexibility index (Phi) is 2.99. The quantitative estimate of drug-likeness (QED) is 0.544. The molecule has 0 radical (unpaired) electrons. The Morgan fingerprint density at radius 2 is 2.42 bits per heavy atom. The van der Waals surface area contributed by atoms with Crippen LogP contribution < -0.4 is 0 Å². The standard InChI is InChI=1S/C6H9N3O.C2H4/c1-5-6-8-7-4-9(6)2-3-10-5;1-2/h4-5H,2-3H2,1H3;1-2H2. The van der Waals surface area contributed by atoms with Crippen LogP contribution in [-0.4, -0.2) is 21.4 Å². The van der Waals surface area contributed by atoms with Gasteiger partial charge in [-0.3, -0.25) is 0 Å². The average Bonchev–Trinajstić information content (AvgIpc) is 2.57. The normalized spacial score (nSPS) is 20.6. The van der Waals surface area contributed by atoms with Crippen molar-refractivity contribution in [3.8, 4) is 0 Å². The maximum Gasteiger partial charge on any atom is 0.161 e. The SMILES string of the molecule is C=C.CC1OCCn2cnnc21. The molecular weight excluding hydrogens is 154 g/mol. The molecule has 1 aliphatic heterocycles. The van der Waals surface area contributed by atoms with Crippen molar-refractivity contribution >= 4 is 0 Å². The molecule has 0 fully saturated rings. The highest BCUT2D eigenvalue weighted by Gasteiger charge is 2.17. The Hall–Kier alpha value is -1.16. The fourth-order valence-electron chi connectivity index (χ4n) is 1.15. The third-order valence-corrected chi connectivity index (χ3v) is 1.71. The molecule has 1 aromatic rings. The van der Waals surface area contributed by atoms with E-state index in [0.29, 0.717) is 0 Å². The van der Waals surface area contributed by atoms with Gasteiger partial charge in [0, 0.05) is 6.54 Å². The second kappa shape index (κ2) is 4.01. The molecule has 0 spiro atoms. The summed E-state index contributed by atoms with van der Waals surface area (Å²) in [6, 6.07) is 0. The zero-order valence-electron chi connectivity index (χ0n) is 7.23. The molecule has 2 rings (SSSR count). The van der Waals surface area contributed by atoms with E-state index in [1.54, 1.807) is 6.33 Å². The van der Waals surface area contributed by atoms with Gasteiger partial charge in [0.2, 0.25) is 0 Å². The van der Waals surface area contributed by atoms with Crippen molar-refractivity contribution in [2.45, 2.75) is 19.6 Å². The van der Waals surface area contributed by atoms with Crippen molar-refractivity contribution in [3.63, 3.8) is 0 Å². The lowest BCUT2D eigenvalue weighted by Crippen LogP contribution is -2.19. The van der Waals surface area contributed by atoms with Crippen molar-refractivity contribution in [2.24, 2.45) is 0 Å². The van der Waals surface area contributed by atoms with Crippen molar-refractivity contribution in [1.29, 1.82) is 0 Å². The van der Waals surface area contributed by atoms with Gasteiger partial charge < -0.3 is 9.30 Å². The Morgan fingerprint density at radius 1 is 1.67 bits per heavy atom. The summed E-state index contributed by atoms with van der Waals surface area (Å²) in [7, 11) is 0. The van der Waals surface area contributed by atoms with Gasteiger partial charge in [-0.1, -0.05) is 0 Å². The minimum absolute atomic E-state index is 0.108. The molecule has 0 amide bonds. The van der Waals surface area contributed by atoms with Gasteiger partial charge in [-0.05, 0) is 6.92 Å². The molecule has 1 atom stereocenters. The third kappa shape index (κ3) is 1.53. The lowest BCUT2D eigenvalue weighted by molar-refractivity contribution is 0.0292. The van der Waals surface area contributed by atoms with E-state index in [9.17, 15) is 0 Å². The van der Waals surface area contributed by atoms with Gasteiger partial charge in [0.25, 0.3) is 0 Å². The molecule has 4 nitrogen and oxygen atoms in total. The smallest absolute Gasteiger partial charge is 0.161 e. The first-order valence-electron chi connectivity index (χ1n) is 3.87. The number of aromatic nitrogens is 3. The van der Waals surface area contributed by atoms with Crippen LogP contribution in [-0.2, 0) is 11.3 Å². The third-order valence-electron chi connectivity index (χ3n) is 1.71. The van der Waals surface area contributed by atoms with Gasteiger partial charge >= 0.3 is 0 Å². The van der Waals surface area contributed by atoms with E-state index < -0.39 is 0 Å². The fourth-order valence-corrected chi connectivity index (χ4v) is 1.15. The van der Waals surface area contributed by atoms with Crippen molar-refractivity contribution in [1.82, 2.24) is 14.8 Å². The molecule has 4 heteroatoms. The Labute approximate surface area is 71.9 Å². The highest BCUT2D eigenvalue weighted by atomic mass is 16.5. The molecular formula is C8H13N3O. The van der Waals surface area contributed by atoms with Crippen LogP contribution in [0.4, 0.5) is 0 Å². The minimum atomic E-state index is 0.108. The number of ether oxygens (including phenoxy) is 1. The molecule has 0 bridgehead atoms. The van der Waals surface area contributed by atoms with E-state index >= 15 is 0 Å². The summed E-state index contributed by atoms with van der Waals surface area (Å²) in [6.07, 6.45) is 1.85. The van der Waals surface area contributed by atoms with Crippen LogP contribution in [0.15, 0.2) is 19.5 Å². The number of hydrogen-bond donors (Lipinski definition) is 0. The van der Waals surface area contributed by atoms with Crippen LogP contribution in [0.5, 0.6) is 0 Å². The van der Waals surface area contributed by atoms with E-state index in [1.165, 1.54) is 0 Å². The topological polar surface area (TPSA) is 39.9 Å². The monoisotopic (exact) mass is 167 g/mol. The predicted molar refractivity (Wildman–Crippen MR) is 45.6 cm³/mol. The van der Waals surface area contributed by atoms with Crippen LogP contribution >= 0.6 is 0 Å². The van der Waals surface area contributed by atoms with E-state index in [4.69, 9.17) is 4.74 Å². The van der Waals surface area contributed by atoms with E-state index in [-0.39, 0.29) is 6.10 Å². The lowest BCUT2D eigenvalue weighted by Gasteiger charge is -2.19. The Balaban J connectivity index is 0.000000336. The zero-order chi connectivity index (χ0) is 8.97. The molecule has 1 aromatic heterocycles. The van der Waals surface area contributed by atoms with Crippen molar-refractivity contribution < 1.29 is 4.74 Å². The molecule has 12 heavy (non-hydrogen) atoms. The zero-order valence-corrected chi connectivity index (χ0v) is 7.23. The van der Waals surface area contributed by atoms with Gasteiger partial charge in [-0.15, -0.1) is 23.4 Å². The van der Waals surface area contributed by atoms with Gasteiger partial charge in [-0.25, -0.2) is 0 Å². The van der Waals surface area contributed by atoms with E-state index in [0.717, 1.165) is 19.0 Å². The second-order valence-electron chi connectivity index (χ2n) is 2.40. The first-order valence-corrected chi connectivity index (χ1v) is 3.87. The maximum atomic E-state index is 5.34. The first kappa shape index (κ1) is 8.93. The minimum Gasteiger partial charge on any atom is -0.369 e. The Bertz CT molecular complexity index is 246. The molecule has 0 aliphatic carbocycles. The number of nitrogens with zero attached hydrogens (tertiary/aromatic N) is 3. The molecule has 0 N–H and O–H groups in total. The molecule has 0 saturated carbocycles. The summed E-state index contributed by atoms with van der Waals surface area (Å²) in [6.45, 7) is 9.64. The Morgan fingerprint density at radius 3 is 3.08 bits per heavy atom. The van der Waals surface area contributed by atoms with Gasteiger partial charge in [0.1, 0.15) is 12.4 Å². The second-order valence-corrected chi connectivity index (χ2v) is 2.40. The number of fused-ring (bicyclic) bond motifs is 1. The summed E-state index contributed by atoms with van der Waals surface area (Å²) in [5.41, 5.74) is 0. The first-order chi connectivity index (χ1) is 5.88. The summed E-state index contributed by atoms with van der Waals surface area (Å²) in [5, 5.41) is 7.71. The van der Waals surface area contributed by atoms with Crippen molar-refractivity contribution in [3.05, 3.63) is 25.3 Å². The van der Waals surface area contributed by atoms with Crippen LogP contribution in [0.2, 0.25) is 0 Å². The number of rotatable bonds is 0. The molecule has 1 unspecified atom stereocenters. The van der Waals surface area contributed by atoms with Gasteiger partial charge in [0.05, 0.1) is 6.61 Å².